The van der Waals surface area contributed by atoms with Crippen molar-refractivity contribution in [1.29, 1.82) is 0 Å². The van der Waals surface area contributed by atoms with E-state index in [4.69, 9.17) is 9.52 Å². The van der Waals surface area contributed by atoms with Crippen molar-refractivity contribution in [2.75, 3.05) is 6.54 Å². The molecule has 19 heavy (non-hydrogen) atoms. The third-order valence-corrected chi connectivity index (χ3v) is 3.63. The summed E-state index contributed by atoms with van der Waals surface area (Å²) in [6, 6.07) is 2.19. The van der Waals surface area contributed by atoms with Crippen LogP contribution in [0.3, 0.4) is 0 Å². The van der Waals surface area contributed by atoms with Crippen LogP contribution in [0.5, 0.6) is 0 Å². The van der Waals surface area contributed by atoms with E-state index >= 15 is 0 Å². The van der Waals surface area contributed by atoms with Crippen molar-refractivity contribution in [3.63, 3.8) is 0 Å². The van der Waals surface area contributed by atoms with E-state index in [9.17, 15) is 13.2 Å². The molecule has 102 valence electrons. The maximum Gasteiger partial charge on any atom is 0.371 e. The summed E-state index contributed by atoms with van der Waals surface area (Å²) in [4.78, 5) is 17.2. The molecule has 0 aliphatic rings. The van der Waals surface area contributed by atoms with E-state index in [0.29, 0.717) is 6.42 Å². The lowest BCUT2D eigenvalue weighted by atomic mass is 10.3. The number of hydrogen-bond donors (Lipinski definition) is 3. The number of H-pyrrole nitrogens is 1. The van der Waals surface area contributed by atoms with Crippen molar-refractivity contribution in [2.24, 2.45) is 0 Å². The number of hydrogen-bond acceptors (Lipinski definition) is 5. The molecule has 2 aromatic heterocycles. The molecule has 0 radical (unpaired) electrons. The molecule has 0 aromatic carbocycles. The molecule has 0 fully saturated rings. The Hall–Kier alpha value is -2.13. The summed E-state index contributed by atoms with van der Waals surface area (Å²) in [6.45, 7) is 0.146. The Morgan fingerprint density at radius 3 is 2.84 bits per heavy atom. The van der Waals surface area contributed by atoms with Gasteiger partial charge in [0.1, 0.15) is 0 Å². The standard InChI is InChI=1S/C10H11N3O5S/c14-10(15)8-1-2-9(18-8)19(16,17)13-4-3-7-5-11-6-12-7/h1-2,5-6,13H,3-4H2,(H,11,12)(H,14,15). The van der Waals surface area contributed by atoms with Crippen molar-refractivity contribution in [1.82, 2.24) is 14.7 Å². The molecule has 9 heteroatoms. The van der Waals surface area contributed by atoms with Gasteiger partial charge in [-0.05, 0) is 12.1 Å². The highest BCUT2D eigenvalue weighted by molar-refractivity contribution is 7.89. The van der Waals surface area contributed by atoms with E-state index in [1.54, 1.807) is 6.20 Å². The number of aromatic amines is 1. The molecule has 0 saturated carbocycles. The van der Waals surface area contributed by atoms with E-state index in [1.807, 2.05) is 0 Å². The molecule has 3 N–H and O–H groups in total. The summed E-state index contributed by atoms with van der Waals surface area (Å²) in [7, 11) is -3.84. The Balaban J connectivity index is 1.99. The Bertz CT molecular complexity index is 659. The van der Waals surface area contributed by atoms with E-state index < -0.39 is 26.8 Å². The van der Waals surface area contributed by atoms with Gasteiger partial charge in [0.2, 0.25) is 10.9 Å². The fourth-order valence-corrected chi connectivity index (χ4v) is 2.35. The molecule has 8 nitrogen and oxygen atoms in total. The first-order chi connectivity index (χ1) is 8.99. The minimum Gasteiger partial charge on any atom is -0.475 e. The number of aromatic nitrogens is 2. The maximum absolute atomic E-state index is 11.8. The van der Waals surface area contributed by atoms with Crippen molar-refractivity contribution >= 4 is 16.0 Å². The van der Waals surface area contributed by atoms with Gasteiger partial charge in [0, 0.05) is 24.9 Å². The molecular formula is C10H11N3O5S. The van der Waals surface area contributed by atoms with Gasteiger partial charge in [0.15, 0.2) is 0 Å². The van der Waals surface area contributed by atoms with Crippen LogP contribution in [0, 0.1) is 0 Å². The highest BCUT2D eigenvalue weighted by Gasteiger charge is 2.20. The topological polar surface area (TPSA) is 125 Å². The third kappa shape index (κ3) is 3.20. The Kier molecular flexibility index (Phi) is 3.67. The lowest BCUT2D eigenvalue weighted by molar-refractivity contribution is 0.0656. The lowest BCUT2D eigenvalue weighted by Gasteiger charge is -2.02. The Labute approximate surface area is 108 Å². The predicted molar refractivity (Wildman–Crippen MR) is 63.1 cm³/mol. The SMILES string of the molecule is O=C(O)c1ccc(S(=O)(=O)NCCc2cnc[nH]2)o1. The predicted octanol–water partition coefficient (Wildman–Crippen LogP) is 0.222. The molecule has 0 spiro atoms. The fraction of sp³-hybridized carbons (Fsp3) is 0.200. The van der Waals surface area contributed by atoms with Gasteiger partial charge in [-0.15, -0.1) is 0 Å². The summed E-state index contributed by atoms with van der Waals surface area (Å²) in [6.07, 6.45) is 3.52. The number of furan rings is 1. The van der Waals surface area contributed by atoms with Crippen molar-refractivity contribution in [3.05, 3.63) is 36.1 Å². The minimum atomic E-state index is -3.84. The number of aromatic carboxylic acids is 1. The summed E-state index contributed by atoms with van der Waals surface area (Å²) >= 11 is 0. The van der Waals surface area contributed by atoms with Gasteiger partial charge in [0.05, 0.1) is 6.33 Å². The second-order valence-corrected chi connectivity index (χ2v) is 5.35. The molecule has 0 amide bonds. The average molecular weight is 285 g/mol. The van der Waals surface area contributed by atoms with E-state index in [-0.39, 0.29) is 6.54 Å². The average Bonchev–Trinajstić information content (AvgIpc) is 2.99. The maximum atomic E-state index is 11.8. The molecular weight excluding hydrogens is 274 g/mol. The van der Waals surface area contributed by atoms with Crippen LogP contribution in [0.2, 0.25) is 0 Å². The summed E-state index contributed by atoms with van der Waals surface area (Å²) in [5.74, 6) is -1.74. The third-order valence-electron chi connectivity index (χ3n) is 2.30. The van der Waals surface area contributed by atoms with Crippen molar-refractivity contribution in [3.8, 4) is 0 Å². The van der Waals surface area contributed by atoms with Crippen LogP contribution in [0.1, 0.15) is 16.2 Å². The number of imidazole rings is 1. The van der Waals surface area contributed by atoms with Gasteiger partial charge in [0.25, 0.3) is 10.0 Å². The lowest BCUT2D eigenvalue weighted by Crippen LogP contribution is -2.25. The van der Waals surface area contributed by atoms with Crippen LogP contribution >= 0.6 is 0 Å². The van der Waals surface area contributed by atoms with Gasteiger partial charge in [-0.1, -0.05) is 0 Å². The molecule has 0 saturated heterocycles. The van der Waals surface area contributed by atoms with Gasteiger partial charge >= 0.3 is 5.97 Å². The number of nitrogens with zero attached hydrogens (tertiary/aromatic N) is 1. The van der Waals surface area contributed by atoms with E-state index in [2.05, 4.69) is 14.7 Å². The zero-order chi connectivity index (χ0) is 13.9. The van der Waals surface area contributed by atoms with Crippen LogP contribution in [0.15, 0.2) is 34.2 Å². The van der Waals surface area contributed by atoms with Gasteiger partial charge in [-0.2, -0.15) is 0 Å². The van der Waals surface area contributed by atoms with Gasteiger partial charge < -0.3 is 14.5 Å². The minimum absolute atomic E-state index is 0.146. The highest BCUT2D eigenvalue weighted by atomic mass is 32.2. The highest BCUT2D eigenvalue weighted by Crippen LogP contribution is 2.13. The Morgan fingerprint density at radius 1 is 1.47 bits per heavy atom. The monoisotopic (exact) mass is 285 g/mol. The second-order valence-electron chi connectivity index (χ2n) is 3.65. The van der Waals surface area contributed by atoms with E-state index in [0.717, 1.165) is 17.8 Å². The first kappa shape index (κ1) is 13.3. The summed E-state index contributed by atoms with van der Waals surface area (Å²) in [5.41, 5.74) is 0.786. The Morgan fingerprint density at radius 2 is 2.26 bits per heavy atom. The van der Waals surface area contributed by atoms with Gasteiger partial charge in [-0.3, -0.25) is 0 Å². The number of carboxylic acids is 1. The van der Waals surface area contributed by atoms with Crippen LogP contribution in [0.4, 0.5) is 0 Å². The zero-order valence-corrected chi connectivity index (χ0v) is 10.5. The first-order valence-corrected chi connectivity index (χ1v) is 6.77. The molecule has 2 aromatic rings. The molecule has 0 aliphatic carbocycles. The molecule has 2 rings (SSSR count). The van der Waals surface area contributed by atoms with Crippen LogP contribution in [-0.2, 0) is 16.4 Å². The summed E-state index contributed by atoms with van der Waals surface area (Å²) in [5, 5.41) is 8.22. The van der Waals surface area contributed by atoms with Crippen LogP contribution in [0.25, 0.3) is 0 Å². The largest absolute Gasteiger partial charge is 0.475 e. The quantitative estimate of drug-likeness (QED) is 0.697. The summed E-state index contributed by atoms with van der Waals surface area (Å²) < 4.78 is 30.6. The molecule has 0 bridgehead atoms. The number of rotatable bonds is 6. The normalized spacial score (nSPS) is 11.6. The second kappa shape index (κ2) is 5.24. The molecule has 0 atom stereocenters. The number of sulfonamides is 1. The van der Waals surface area contributed by atoms with Crippen LogP contribution in [-0.4, -0.2) is 36.0 Å². The first-order valence-electron chi connectivity index (χ1n) is 5.29. The molecule has 0 unspecified atom stereocenters. The van der Waals surface area contributed by atoms with Crippen LogP contribution < -0.4 is 4.72 Å². The van der Waals surface area contributed by atoms with E-state index in [1.165, 1.54) is 6.33 Å². The molecule has 2 heterocycles. The zero-order valence-electron chi connectivity index (χ0n) is 9.66. The molecule has 0 aliphatic heterocycles. The number of carbonyl (C=O) groups is 1. The smallest absolute Gasteiger partial charge is 0.371 e. The number of carboxylic acid groups (broad SMARTS) is 1. The number of nitrogens with one attached hydrogen (secondary N) is 2. The van der Waals surface area contributed by atoms with Crippen molar-refractivity contribution in [2.45, 2.75) is 11.5 Å². The fourth-order valence-electron chi connectivity index (χ4n) is 1.39. The van der Waals surface area contributed by atoms with Gasteiger partial charge in [-0.25, -0.2) is 22.9 Å². The van der Waals surface area contributed by atoms with Crippen molar-refractivity contribution < 1.29 is 22.7 Å².